The molecule has 0 N–H and O–H groups in total. The fourth-order valence-corrected chi connectivity index (χ4v) is 30.1. The van der Waals surface area contributed by atoms with Crippen LogP contribution in [0.1, 0.15) is 81.5 Å². The number of allylic oxidation sites excluding steroid dienone is 2. The van der Waals surface area contributed by atoms with E-state index in [9.17, 15) is 0 Å². The summed E-state index contributed by atoms with van der Waals surface area (Å²) in [6, 6.07) is 43.6. The second kappa shape index (κ2) is 15.3. The van der Waals surface area contributed by atoms with E-state index in [1.165, 1.54) is 86.2 Å². The first-order chi connectivity index (χ1) is 24.6. The van der Waals surface area contributed by atoms with Gasteiger partial charge in [-0.3, -0.25) is 0 Å². The first-order valence-corrected chi connectivity index (χ1v) is 33.0. The van der Waals surface area contributed by atoms with Crippen molar-refractivity contribution in [2.24, 2.45) is 5.92 Å². The molecule has 0 bridgehead atoms. The number of benzene rings is 6. The van der Waals surface area contributed by atoms with Gasteiger partial charge in [-0.2, -0.15) is 0 Å². The number of unbranched alkanes of at least 4 members (excludes halogenated alkanes) is 2. The van der Waals surface area contributed by atoms with Crippen LogP contribution in [0.5, 0.6) is 0 Å². The Morgan fingerprint density at radius 2 is 1.15 bits per heavy atom. The second-order valence-electron chi connectivity index (χ2n) is 16.9. The van der Waals surface area contributed by atoms with Crippen LogP contribution >= 0.6 is 24.8 Å². The van der Waals surface area contributed by atoms with Gasteiger partial charge in [-0.15, -0.1) is 24.8 Å². The third-order valence-electron chi connectivity index (χ3n) is 12.4. The zero-order valence-electron chi connectivity index (χ0n) is 32.2. The molecule has 0 aliphatic heterocycles. The normalized spacial score (nSPS) is 16.5. The van der Waals surface area contributed by atoms with E-state index in [1.54, 1.807) is 22.3 Å². The smallest absolute Gasteiger partial charge is 0.147 e. The maximum atomic E-state index is 2.83. The van der Waals surface area contributed by atoms with E-state index in [0.29, 0.717) is 13.2 Å². The van der Waals surface area contributed by atoms with Gasteiger partial charge in [-0.1, -0.05) is 0 Å². The standard InChI is InChI=1S/C25H25.C22H19.2CH3.2ClH.H2Si.Zr/c1-3-4-5-9-19-16-24-18(2)14-15-23(25(24)17-19)22-13-8-11-20-10-6-7-12-21(20)22;1-15(2)18-13-17-9-6-12-21(22(17)14-18)20-11-5-8-16-7-3-4-10-19(16)20;;;;;;/h6-8,10-17H,3-5,9H2,1-2H3;3-15H,1-2H3;2*1H3;2*1H;1H2;. The predicted molar refractivity (Wildman–Crippen MR) is 239 cm³/mol. The monoisotopic (exact) mass is 830 g/mol. The number of rotatable bonds is 9. The zero-order chi connectivity index (χ0) is 35.5. The molecule has 53 heavy (non-hydrogen) atoms. The van der Waals surface area contributed by atoms with Crippen LogP contribution in [0.3, 0.4) is 0 Å². The number of halogens is 2. The number of hydrogen-bond donors (Lipinski definition) is 0. The van der Waals surface area contributed by atoms with Crippen molar-refractivity contribution in [3.63, 3.8) is 0 Å². The molecule has 2 aliphatic carbocycles. The SMILES string of the molecule is CCCCCC1=Cc2c(-c3cccc4ccccc34)ccc(C)c2[CH]1[Zr]([CH3])([CH3])(=[SiH2])[CH]1C(C(C)C)=Cc2c(-c3cccc4ccccc34)cccc21.Cl.Cl. The van der Waals surface area contributed by atoms with Crippen molar-refractivity contribution in [3.05, 3.63) is 154 Å². The Kier molecular flexibility index (Phi) is 11.4. The summed E-state index contributed by atoms with van der Waals surface area (Å²) in [6.45, 7) is 12.1. The average molecular weight is 833 g/mol. The third-order valence-corrected chi connectivity index (χ3v) is 29.7. The minimum absolute atomic E-state index is 0. The van der Waals surface area contributed by atoms with E-state index in [0.717, 1.165) is 0 Å². The van der Waals surface area contributed by atoms with Gasteiger partial charge in [0.15, 0.2) is 0 Å². The van der Waals surface area contributed by atoms with E-state index < -0.39 is 17.4 Å². The van der Waals surface area contributed by atoms with Crippen molar-refractivity contribution in [2.45, 2.75) is 69.9 Å². The van der Waals surface area contributed by atoms with Gasteiger partial charge in [0.2, 0.25) is 0 Å². The van der Waals surface area contributed by atoms with Gasteiger partial charge in [-0.05, 0) is 0 Å². The summed E-state index contributed by atoms with van der Waals surface area (Å²) in [5.74, 6) is 0.483. The van der Waals surface area contributed by atoms with Crippen LogP contribution in [-0.2, 0) is 17.4 Å². The molecule has 0 saturated heterocycles. The summed E-state index contributed by atoms with van der Waals surface area (Å²) in [4.78, 5) is 0. The molecule has 272 valence electrons. The van der Waals surface area contributed by atoms with Crippen molar-refractivity contribution in [3.8, 4) is 22.3 Å². The van der Waals surface area contributed by atoms with Gasteiger partial charge in [-0.25, -0.2) is 0 Å². The topological polar surface area (TPSA) is 0 Å². The molecule has 6 aromatic rings. The number of hydrogen-bond acceptors (Lipinski definition) is 0. The minimum Gasteiger partial charge on any atom is -0.147 e. The van der Waals surface area contributed by atoms with E-state index in [-0.39, 0.29) is 24.8 Å². The molecule has 0 saturated carbocycles. The van der Waals surface area contributed by atoms with Crippen LogP contribution in [0.25, 0.3) is 56.0 Å². The van der Waals surface area contributed by atoms with Gasteiger partial charge < -0.3 is 0 Å². The molecule has 0 heterocycles. The fraction of sp³-hybridized carbons (Fsp3) is 0.265. The molecule has 0 aromatic heterocycles. The molecular formula is C49H54Cl2SiZr. The summed E-state index contributed by atoms with van der Waals surface area (Å²) in [6.07, 6.45) is 10.3. The molecule has 0 spiro atoms. The molecule has 0 nitrogen and oxygen atoms in total. The molecule has 6 aromatic carbocycles. The molecule has 2 aliphatic rings. The van der Waals surface area contributed by atoms with Crippen LogP contribution in [0, 0.1) is 12.8 Å². The summed E-state index contributed by atoms with van der Waals surface area (Å²) in [5.41, 5.74) is 16.5. The molecule has 8 rings (SSSR count). The quantitative estimate of drug-likeness (QED) is 0.101. The molecular weight excluding hydrogens is 779 g/mol. The van der Waals surface area contributed by atoms with Gasteiger partial charge >= 0.3 is 310 Å². The summed E-state index contributed by atoms with van der Waals surface area (Å²) < 4.78 is 6.65. The zero-order valence-corrected chi connectivity index (χ0v) is 37.7. The largest absolute Gasteiger partial charge is 0.147 e. The van der Waals surface area contributed by atoms with Crippen molar-refractivity contribution in [2.75, 3.05) is 0 Å². The Morgan fingerprint density at radius 3 is 1.75 bits per heavy atom. The molecule has 0 amide bonds. The van der Waals surface area contributed by atoms with Crippen LogP contribution in [0.2, 0.25) is 9.26 Å². The Hall–Kier alpha value is -3.00. The summed E-state index contributed by atoms with van der Waals surface area (Å²) in [5, 5.41) is 5.32. The summed E-state index contributed by atoms with van der Waals surface area (Å²) >= 11 is -3.86. The van der Waals surface area contributed by atoms with Crippen LogP contribution < -0.4 is 0 Å². The molecule has 2 unspecified atom stereocenters. The predicted octanol–water partition coefficient (Wildman–Crippen LogP) is 14.6. The fourth-order valence-electron chi connectivity index (χ4n) is 10.2. The van der Waals surface area contributed by atoms with Crippen molar-refractivity contribution < 1.29 is 17.4 Å². The third kappa shape index (κ3) is 6.71. The molecule has 0 radical (unpaired) electrons. The van der Waals surface area contributed by atoms with Crippen molar-refractivity contribution in [1.82, 2.24) is 0 Å². The minimum atomic E-state index is -3.86. The Morgan fingerprint density at radius 1 is 0.604 bits per heavy atom. The Bertz CT molecular complexity index is 2470. The van der Waals surface area contributed by atoms with E-state index in [2.05, 4.69) is 171 Å². The maximum absolute atomic E-state index is 3.86. The number of fused-ring (bicyclic) bond motifs is 4. The first-order valence-electron chi connectivity index (χ1n) is 19.3. The first kappa shape index (κ1) is 39.7. The maximum Gasteiger partial charge on any atom is -0.147 e. The van der Waals surface area contributed by atoms with Crippen LogP contribution in [-0.4, -0.2) is 6.88 Å². The van der Waals surface area contributed by atoms with Gasteiger partial charge in [0, 0.05) is 0 Å². The van der Waals surface area contributed by atoms with E-state index in [1.807, 2.05) is 0 Å². The molecule has 4 heteroatoms. The second-order valence-corrected chi connectivity index (χ2v) is 47.4. The van der Waals surface area contributed by atoms with Gasteiger partial charge in [0.25, 0.3) is 0 Å². The molecule has 2 atom stereocenters. The summed E-state index contributed by atoms with van der Waals surface area (Å²) in [7, 11) is 0. The van der Waals surface area contributed by atoms with Crippen LogP contribution in [0.4, 0.5) is 0 Å². The van der Waals surface area contributed by atoms with Gasteiger partial charge in [0.1, 0.15) is 0 Å². The number of aryl methyl sites for hydroxylation is 1. The Labute approximate surface area is 332 Å². The van der Waals surface area contributed by atoms with E-state index >= 15 is 0 Å². The van der Waals surface area contributed by atoms with Gasteiger partial charge in [0.05, 0.1) is 0 Å². The van der Waals surface area contributed by atoms with Crippen LogP contribution in [0.15, 0.2) is 126 Å². The van der Waals surface area contributed by atoms with E-state index in [4.69, 9.17) is 0 Å². The van der Waals surface area contributed by atoms with Crippen molar-refractivity contribution in [1.29, 1.82) is 0 Å². The van der Waals surface area contributed by atoms with Crippen molar-refractivity contribution >= 4 is 65.4 Å². The average Bonchev–Trinajstić information content (AvgIpc) is 3.74. The molecule has 0 fully saturated rings. The Balaban J connectivity index is 0.00000240.